The minimum atomic E-state index is -3.73. The first-order valence-corrected chi connectivity index (χ1v) is 10.3. The quantitative estimate of drug-likeness (QED) is 0.668. The fourth-order valence-electron chi connectivity index (χ4n) is 3.42. The van der Waals surface area contributed by atoms with Crippen molar-refractivity contribution >= 4 is 33.2 Å². The number of fused-ring (bicyclic) bond motifs is 3. The SMILES string of the molecule is COc1cc(S(=O)(=O)c2ccc([C@@H](C)O)cc2)cc2c3c(oc12)CCNC3.Cl. The van der Waals surface area contributed by atoms with Crippen LogP contribution < -0.4 is 10.1 Å². The van der Waals surface area contributed by atoms with Gasteiger partial charge < -0.3 is 19.6 Å². The molecule has 0 fully saturated rings. The van der Waals surface area contributed by atoms with Gasteiger partial charge in [0.05, 0.1) is 23.0 Å². The molecule has 2 heterocycles. The maximum Gasteiger partial charge on any atom is 0.206 e. The van der Waals surface area contributed by atoms with Crippen LogP contribution in [0.25, 0.3) is 11.0 Å². The van der Waals surface area contributed by atoms with Gasteiger partial charge in [-0.15, -0.1) is 12.4 Å². The summed E-state index contributed by atoms with van der Waals surface area (Å²) in [7, 11) is -2.23. The highest BCUT2D eigenvalue weighted by molar-refractivity contribution is 7.91. The van der Waals surface area contributed by atoms with Crippen molar-refractivity contribution in [2.45, 2.75) is 35.8 Å². The summed E-state index contributed by atoms with van der Waals surface area (Å²) in [5.74, 6) is 1.28. The molecule has 8 heteroatoms. The minimum absolute atomic E-state index is 0. The van der Waals surface area contributed by atoms with E-state index >= 15 is 0 Å². The van der Waals surface area contributed by atoms with Crippen LogP contribution in [-0.2, 0) is 22.8 Å². The summed E-state index contributed by atoms with van der Waals surface area (Å²) in [4.78, 5) is 0.328. The van der Waals surface area contributed by atoms with Crippen LogP contribution in [0.2, 0.25) is 0 Å². The van der Waals surface area contributed by atoms with Crippen molar-refractivity contribution in [1.82, 2.24) is 5.32 Å². The lowest BCUT2D eigenvalue weighted by atomic mass is 10.1. The summed E-state index contributed by atoms with van der Waals surface area (Å²) in [6.45, 7) is 3.10. The highest BCUT2D eigenvalue weighted by Crippen LogP contribution is 2.38. The molecule has 0 amide bonds. The minimum Gasteiger partial charge on any atom is -0.493 e. The van der Waals surface area contributed by atoms with E-state index in [0.717, 1.165) is 29.7 Å². The number of hydrogen-bond acceptors (Lipinski definition) is 6. The average molecular weight is 424 g/mol. The summed E-state index contributed by atoms with van der Waals surface area (Å²) < 4.78 is 37.7. The van der Waals surface area contributed by atoms with Crippen LogP contribution in [0.1, 0.15) is 29.9 Å². The third-order valence-electron chi connectivity index (χ3n) is 4.95. The van der Waals surface area contributed by atoms with Crippen LogP contribution in [-0.4, -0.2) is 27.2 Å². The van der Waals surface area contributed by atoms with Crippen LogP contribution >= 0.6 is 12.4 Å². The second-order valence-electron chi connectivity index (χ2n) is 6.68. The summed E-state index contributed by atoms with van der Waals surface area (Å²) in [6, 6.07) is 9.43. The number of nitrogens with one attached hydrogen (secondary N) is 1. The number of ether oxygens (including phenoxy) is 1. The van der Waals surface area contributed by atoms with Gasteiger partial charge in [-0.2, -0.15) is 0 Å². The molecule has 0 spiro atoms. The summed E-state index contributed by atoms with van der Waals surface area (Å²) >= 11 is 0. The number of benzene rings is 2. The Morgan fingerprint density at radius 2 is 1.89 bits per heavy atom. The molecular formula is C20H22ClNO5S. The maximum absolute atomic E-state index is 13.2. The van der Waals surface area contributed by atoms with Crippen molar-refractivity contribution in [1.29, 1.82) is 0 Å². The normalized spacial score (nSPS) is 15.0. The molecule has 0 aliphatic carbocycles. The molecular weight excluding hydrogens is 402 g/mol. The number of halogens is 1. The fraction of sp³-hybridized carbons (Fsp3) is 0.300. The van der Waals surface area contributed by atoms with Crippen LogP contribution in [0.15, 0.2) is 50.6 Å². The molecule has 0 saturated carbocycles. The van der Waals surface area contributed by atoms with Gasteiger partial charge in [-0.25, -0.2) is 8.42 Å². The second kappa shape index (κ2) is 7.75. The van der Waals surface area contributed by atoms with Crippen molar-refractivity contribution in [2.24, 2.45) is 0 Å². The van der Waals surface area contributed by atoms with E-state index in [-0.39, 0.29) is 22.2 Å². The Morgan fingerprint density at radius 3 is 2.54 bits per heavy atom. The summed E-state index contributed by atoms with van der Waals surface area (Å²) in [5.41, 5.74) is 2.22. The predicted octanol–water partition coefficient (Wildman–Crippen LogP) is 3.40. The molecule has 1 aromatic heterocycles. The van der Waals surface area contributed by atoms with E-state index in [1.54, 1.807) is 25.1 Å². The number of rotatable bonds is 4. The number of furan rings is 1. The Kier molecular flexibility index (Phi) is 5.72. The molecule has 0 unspecified atom stereocenters. The topological polar surface area (TPSA) is 88.8 Å². The zero-order valence-electron chi connectivity index (χ0n) is 15.6. The van der Waals surface area contributed by atoms with E-state index in [1.807, 2.05) is 0 Å². The van der Waals surface area contributed by atoms with Crippen molar-refractivity contribution in [3.8, 4) is 5.75 Å². The van der Waals surface area contributed by atoms with E-state index in [2.05, 4.69) is 5.32 Å². The van der Waals surface area contributed by atoms with Crippen molar-refractivity contribution in [2.75, 3.05) is 13.7 Å². The third kappa shape index (κ3) is 3.39. The zero-order valence-corrected chi connectivity index (χ0v) is 17.2. The van der Waals surface area contributed by atoms with E-state index in [0.29, 0.717) is 23.4 Å². The van der Waals surface area contributed by atoms with Crippen molar-refractivity contribution < 1.29 is 22.7 Å². The number of aliphatic hydroxyl groups excluding tert-OH is 1. The van der Waals surface area contributed by atoms with Crippen LogP contribution in [0, 0.1) is 0 Å². The van der Waals surface area contributed by atoms with Gasteiger partial charge in [0, 0.05) is 36.5 Å². The molecule has 0 saturated heterocycles. The molecule has 6 nitrogen and oxygen atoms in total. The molecule has 0 bridgehead atoms. The van der Waals surface area contributed by atoms with E-state index in [9.17, 15) is 13.5 Å². The number of aliphatic hydroxyl groups is 1. The molecule has 1 aliphatic heterocycles. The molecule has 2 aromatic carbocycles. The smallest absolute Gasteiger partial charge is 0.206 e. The van der Waals surface area contributed by atoms with Gasteiger partial charge in [0.2, 0.25) is 9.84 Å². The van der Waals surface area contributed by atoms with Crippen molar-refractivity contribution in [3.05, 3.63) is 53.3 Å². The molecule has 150 valence electrons. The highest BCUT2D eigenvalue weighted by atomic mass is 35.5. The lowest BCUT2D eigenvalue weighted by molar-refractivity contribution is 0.199. The second-order valence-corrected chi connectivity index (χ2v) is 8.63. The van der Waals surface area contributed by atoms with Gasteiger partial charge in [0.25, 0.3) is 0 Å². The molecule has 2 N–H and O–H groups in total. The molecule has 1 atom stereocenters. The largest absolute Gasteiger partial charge is 0.493 e. The Morgan fingerprint density at radius 1 is 1.18 bits per heavy atom. The fourth-order valence-corrected chi connectivity index (χ4v) is 4.72. The first-order valence-electron chi connectivity index (χ1n) is 8.78. The van der Waals surface area contributed by atoms with Crippen LogP contribution in [0.5, 0.6) is 5.75 Å². The Labute approximate surface area is 169 Å². The zero-order chi connectivity index (χ0) is 19.2. The average Bonchev–Trinajstić information content (AvgIpc) is 3.06. The summed E-state index contributed by atoms with van der Waals surface area (Å²) in [5, 5.41) is 13.7. The molecule has 4 rings (SSSR count). The lowest BCUT2D eigenvalue weighted by Crippen LogP contribution is -2.22. The Hall–Kier alpha value is -2.06. The van der Waals surface area contributed by atoms with Crippen LogP contribution in [0.4, 0.5) is 0 Å². The van der Waals surface area contributed by atoms with E-state index < -0.39 is 15.9 Å². The van der Waals surface area contributed by atoms with Gasteiger partial charge in [0.1, 0.15) is 5.76 Å². The first-order chi connectivity index (χ1) is 12.9. The number of hydrogen-bond donors (Lipinski definition) is 2. The standard InChI is InChI=1S/C20H21NO5S.ClH/c1-12(22)13-3-5-14(6-4-13)27(23,24)15-9-16-17-11-21-8-7-18(17)26-20(16)19(10-15)25-2;/h3-6,9-10,12,21-22H,7-8,11H2,1-2H3;1H/t12-;/m1./s1. The molecule has 0 radical (unpaired) electrons. The summed E-state index contributed by atoms with van der Waals surface area (Å²) in [6.07, 6.45) is 0.110. The number of sulfone groups is 1. The third-order valence-corrected chi connectivity index (χ3v) is 6.70. The van der Waals surface area contributed by atoms with Gasteiger partial charge in [-0.3, -0.25) is 0 Å². The Balaban J connectivity index is 0.00000225. The monoisotopic (exact) mass is 423 g/mol. The number of methoxy groups -OCH3 is 1. The van der Waals surface area contributed by atoms with E-state index in [1.165, 1.54) is 25.3 Å². The van der Waals surface area contributed by atoms with Crippen molar-refractivity contribution in [3.63, 3.8) is 0 Å². The van der Waals surface area contributed by atoms with Gasteiger partial charge in [0.15, 0.2) is 11.3 Å². The van der Waals surface area contributed by atoms with Gasteiger partial charge >= 0.3 is 0 Å². The Bertz CT molecular complexity index is 1100. The van der Waals surface area contributed by atoms with Crippen LogP contribution in [0.3, 0.4) is 0 Å². The molecule has 28 heavy (non-hydrogen) atoms. The first kappa shape index (κ1) is 20.7. The molecule has 3 aromatic rings. The lowest BCUT2D eigenvalue weighted by Gasteiger charge is -2.11. The van der Waals surface area contributed by atoms with E-state index in [4.69, 9.17) is 9.15 Å². The highest BCUT2D eigenvalue weighted by Gasteiger charge is 2.25. The van der Waals surface area contributed by atoms with Gasteiger partial charge in [-0.05, 0) is 30.7 Å². The molecule has 1 aliphatic rings. The maximum atomic E-state index is 13.2. The van der Waals surface area contributed by atoms with Gasteiger partial charge in [-0.1, -0.05) is 12.1 Å². The predicted molar refractivity (Wildman–Crippen MR) is 108 cm³/mol.